The van der Waals surface area contributed by atoms with Gasteiger partial charge in [0.15, 0.2) is 0 Å². The van der Waals surface area contributed by atoms with Crippen LogP contribution in [0.4, 0.5) is 0 Å². The molecular weight excluding hydrogens is 314 g/mol. The summed E-state index contributed by atoms with van der Waals surface area (Å²) >= 11 is 0. The molecule has 0 fully saturated rings. The van der Waals surface area contributed by atoms with E-state index in [4.69, 9.17) is 10.2 Å². The summed E-state index contributed by atoms with van der Waals surface area (Å²) in [4.78, 5) is 34.0. The zero-order chi connectivity index (χ0) is 17.7. The minimum Gasteiger partial charge on any atom is -0.481 e. The number of nitrogens with zero attached hydrogens (tertiary/aromatic N) is 2. The van der Waals surface area contributed by atoms with Crippen molar-refractivity contribution in [1.82, 2.24) is 15.1 Å². The number of carbonyl (C=O) groups excluding carboxylic acids is 1. The summed E-state index contributed by atoms with van der Waals surface area (Å²) in [5.74, 6) is -3.01. The lowest BCUT2D eigenvalue weighted by molar-refractivity contribution is -0.140. The van der Waals surface area contributed by atoms with Crippen LogP contribution in [0.2, 0.25) is 0 Å². The number of hydrogen-bond donors (Lipinski definition) is 3. The van der Waals surface area contributed by atoms with Crippen molar-refractivity contribution in [3.8, 4) is 5.69 Å². The van der Waals surface area contributed by atoms with E-state index in [1.54, 1.807) is 11.6 Å². The molecule has 0 saturated heterocycles. The molecule has 8 heteroatoms. The fraction of sp³-hybridized carbons (Fsp3) is 0.250. The van der Waals surface area contributed by atoms with Gasteiger partial charge in [-0.15, -0.1) is 0 Å². The summed E-state index contributed by atoms with van der Waals surface area (Å²) < 4.78 is 1.57. The van der Waals surface area contributed by atoms with Crippen molar-refractivity contribution in [3.63, 3.8) is 0 Å². The van der Waals surface area contributed by atoms with Crippen molar-refractivity contribution < 1.29 is 24.6 Å². The Morgan fingerprint density at radius 2 is 1.88 bits per heavy atom. The van der Waals surface area contributed by atoms with Crippen molar-refractivity contribution in [2.45, 2.75) is 25.8 Å². The van der Waals surface area contributed by atoms with Gasteiger partial charge in [0, 0.05) is 6.42 Å². The van der Waals surface area contributed by atoms with Crippen LogP contribution in [0.5, 0.6) is 0 Å². The summed E-state index contributed by atoms with van der Waals surface area (Å²) in [6.45, 7) is 1.70. The van der Waals surface area contributed by atoms with Gasteiger partial charge in [0.25, 0.3) is 5.91 Å². The number of carboxylic acid groups (broad SMARTS) is 2. The molecule has 0 aliphatic rings. The highest BCUT2D eigenvalue weighted by Gasteiger charge is 2.23. The predicted octanol–water partition coefficient (Wildman–Crippen LogP) is 1.23. The van der Waals surface area contributed by atoms with E-state index in [-0.39, 0.29) is 18.4 Å². The Labute approximate surface area is 137 Å². The van der Waals surface area contributed by atoms with Gasteiger partial charge in [-0.3, -0.25) is 9.59 Å². The quantitative estimate of drug-likeness (QED) is 0.701. The van der Waals surface area contributed by atoms with Gasteiger partial charge in [-0.05, 0) is 25.5 Å². The average Bonchev–Trinajstić information content (AvgIpc) is 2.93. The summed E-state index contributed by atoms with van der Waals surface area (Å²) in [5, 5.41) is 24.2. The van der Waals surface area contributed by atoms with Gasteiger partial charge in [0.2, 0.25) is 0 Å². The zero-order valence-electron chi connectivity index (χ0n) is 13.0. The number of carboxylic acids is 2. The Morgan fingerprint density at radius 1 is 1.21 bits per heavy atom. The molecule has 0 radical (unpaired) electrons. The summed E-state index contributed by atoms with van der Waals surface area (Å²) in [5.41, 5.74) is 1.57. The Hall–Kier alpha value is -3.16. The van der Waals surface area contributed by atoms with E-state index in [2.05, 4.69) is 10.4 Å². The SMILES string of the molecule is Cc1c(C(=O)N[C@@H](CCC(=O)O)C(=O)O)cnn1-c1ccccc1. The van der Waals surface area contributed by atoms with Gasteiger partial charge in [-0.2, -0.15) is 5.10 Å². The third kappa shape index (κ3) is 3.97. The molecule has 126 valence electrons. The molecule has 1 aromatic heterocycles. The largest absolute Gasteiger partial charge is 0.481 e. The van der Waals surface area contributed by atoms with Crippen LogP contribution in [-0.2, 0) is 9.59 Å². The number of para-hydroxylation sites is 1. The van der Waals surface area contributed by atoms with Crippen LogP contribution >= 0.6 is 0 Å². The van der Waals surface area contributed by atoms with Crippen LogP contribution in [-0.4, -0.2) is 43.9 Å². The fourth-order valence-corrected chi connectivity index (χ4v) is 2.22. The molecule has 0 aliphatic heterocycles. The van der Waals surface area contributed by atoms with Crippen LogP contribution in [0.1, 0.15) is 28.9 Å². The first-order chi connectivity index (χ1) is 11.4. The molecule has 8 nitrogen and oxygen atoms in total. The van der Waals surface area contributed by atoms with Crippen molar-refractivity contribution in [2.24, 2.45) is 0 Å². The van der Waals surface area contributed by atoms with E-state index in [0.29, 0.717) is 5.69 Å². The zero-order valence-corrected chi connectivity index (χ0v) is 13.0. The maximum Gasteiger partial charge on any atom is 0.326 e. The Kier molecular flexibility index (Phi) is 5.31. The number of nitrogens with one attached hydrogen (secondary N) is 1. The van der Waals surface area contributed by atoms with Crippen molar-refractivity contribution >= 4 is 17.8 Å². The second kappa shape index (κ2) is 7.40. The second-order valence-corrected chi connectivity index (χ2v) is 5.19. The lowest BCUT2D eigenvalue weighted by Gasteiger charge is -2.13. The third-order valence-electron chi connectivity index (χ3n) is 3.51. The summed E-state index contributed by atoms with van der Waals surface area (Å²) in [6.07, 6.45) is 0.815. The fourth-order valence-electron chi connectivity index (χ4n) is 2.22. The second-order valence-electron chi connectivity index (χ2n) is 5.19. The smallest absolute Gasteiger partial charge is 0.326 e. The minimum atomic E-state index is -1.28. The van der Waals surface area contributed by atoms with Gasteiger partial charge in [0.1, 0.15) is 6.04 Å². The number of benzene rings is 1. The van der Waals surface area contributed by atoms with Gasteiger partial charge < -0.3 is 15.5 Å². The molecular formula is C16H17N3O5. The van der Waals surface area contributed by atoms with Gasteiger partial charge in [-0.1, -0.05) is 18.2 Å². The van der Waals surface area contributed by atoms with E-state index in [1.807, 2.05) is 30.3 Å². The van der Waals surface area contributed by atoms with Crippen molar-refractivity contribution in [1.29, 1.82) is 0 Å². The predicted molar refractivity (Wildman–Crippen MR) is 84.1 cm³/mol. The number of carbonyl (C=O) groups is 3. The standard InChI is InChI=1S/C16H17N3O5/c1-10-12(9-17-19(10)11-5-3-2-4-6-11)15(22)18-13(16(23)24)7-8-14(20)21/h2-6,9,13H,7-8H2,1H3,(H,18,22)(H,20,21)(H,23,24)/t13-/m0/s1. The van der Waals surface area contributed by atoms with Crippen molar-refractivity contribution in [3.05, 3.63) is 47.8 Å². The molecule has 0 unspecified atom stereocenters. The summed E-state index contributed by atoms with van der Waals surface area (Å²) in [7, 11) is 0. The molecule has 0 spiro atoms. The maximum atomic E-state index is 12.3. The third-order valence-corrected chi connectivity index (χ3v) is 3.51. The van der Waals surface area contributed by atoms with Crippen LogP contribution in [0.25, 0.3) is 5.69 Å². The number of hydrogen-bond acceptors (Lipinski definition) is 4. The number of amides is 1. The van der Waals surface area contributed by atoms with Crippen molar-refractivity contribution in [2.75, 3.05) is 0 Å². The molecule has 1 atom stereocenters. The van der Waals surface area contributed by atoms with Gasteiger partial charge in [0.05, 0.1) is 23.1 Å². The molecule has 3 N–H and O–H groups in total. The Morgan fingerprint density at radius 3 is 2.46 bits per heavy atom. The number of rotatable bonds is 7. The lowest BCUT2D eigenvalue weighted by Crippen LogP contribution is -2.41. The number of aliphatic carboxylic acids is 2. The number of aromatic nitrogens is 2. The molecule has 1 heterocycles. The molecule has 0 aliphatic carbocycles. The Balaban J connectivity index is 2.16. The first-order valence-electron chi connectivity index (χ1n) is 7.25. The maximum absolute atomic E-state index is 12.3. The van der Waals surface area contributed by atoms with E-state index >= 15 is 0 Å². The lowest BCUT2D eigenvalue weighted by atomic mass is 10.1. The molecule has 2 aromatic rings. The molecule has 0 saturated carbocycles. The molecule has 24 heavy (non-hydrogen) atoms. The van der Waals surface area contributed by atoms with E-state index in [9.17, 15) is 14.4 Å². The van der Waals surface area contributed by atoms with E-state index in [1.165, 1.54) is 6.20 Å². The Bertz CT molecular complexity index is 754. The van der Waals surface area contributed by atoms with Crippen LogP contribution in [0.15, 0.2) is 36.5 Å². The highest BCUT2D eigenvalue weighted by atomic mass is 16.4. The monoisotopic (exact) mass is 331 g/mol. The average molecular weight is 331 g/mol. The van der Waals surface area contributed by atoms with E-state index < -0.39 is 23.9 Å². The minimum absolute atomic E-state index is 0.192. The van der Waals surface area contributed by atoms with Gasteiger partial charge >= 0.3 is 11.9 Å². The van der Waals surface area contributed by atoms with Crippen LogP contribution in [0.3, 0.4) is 0 Å². The normalized spacial score (nSPS) is 11.7. The highest BCUT2D eigenvalue weighted by molar-refractivity contribution is 5.97. The highest BCUT2D eigenvalue weighted by Crippen LogP contribution is 2.14. The summed E-state index contributed by atoms with van der Waals surface area (Å²) in [6, 6.07) is 7.91. The first kappa shape index (κ1) is 17.2. The van der Waals surface area contributed by atoms with E-state index in [0.717, 1.165) is 5.69 Å². The molecule has 1 aromatic carbocycles. The van der Waals surface area contributed by atoms with Gasteiger partial charge in [-0.25, -0.2) is 9.48 Å². The first-order valence-corrected chi connectivity index (χ1v) is 7.25. The van der Waals surface area contributed by atoms with Crippen LogP contribution in [0, 0.1) is 6.92 Å². The molecule has 2 rings (SSSR count). The topological polar surface area (TPSA) is 122 Å². The molecule has 0 bridgehead atoms. The molecule has 1 amide bonds. The van der Waals surface area contributed by atoms with Crippen LogP contribution < -0.4 is 5.32 Å².